The zero-order valence-electron chi connectivity index (χ0n) is 9.59. The number of likely N-dealkylation sites (tertiary alicyclic amines) is 1. The summed E-state index contributed by atoms with van der Waals surface area (Å²) in [5, 5.41) is 3.29. The second-order valence-corrected chi connectivity index (χ2v) is 4.04. The third kappa shape index (κ3) is 4.94. The molecule has 1 rings (SSSR count). The van der Waals surface area contributed by atoms with E-state index < -0.39 is 0 Å². The summed E-state index contributed by atoms with van der Waals surface area (Å²) in [6, 6.07) is 0. The number of ether oxygens (including phenoxy) is 1. The van der Waals surface area contributed by atoms with Crippen molar-refractivity contribution in [2.45, 2.75) is 32.8 Å². The molecule has 0 aliphatic carbocycles. The molecule has 3 heteroatoms. The molecule has 1 N–H and O–H groups in total. The van der Waals surface area contributed by atoms with Gasteiger partial charge >= 0.3 is 0 Å². The molecular weight excluding hydrogens is 176 g/mol. The summed E-state index contributed by atoms with van der Waals surface area (Å²) in [5.74, 6) is 0. The lowest BCUT2D eigenvalue weighted by Gasteiger charge is -2.17. The minimum atomic E-state index is 0.345. The monoisotopic (exact) mass is 200 g/mol. The topological polar surface area (TPSA) is 24.5 Å². The first kappa shape index (κ1) is 12.0. The summed E-state index contributed by atoms with van der Waals surface area (Å²) in [4.78, 5) is 2.49. The van der Waals surface area contributed by atoms with Crippen molar-refractivity contribution < 1.29 is 4.74 Å². The molecule has 0 aromatic rings. The van der Waals surface area contributed by atoms with E-state index in [9.17, 15) is 0 Å². The number of nitrogens with one attached hydrogen (secondary N) is 1. The molecular formula is C11H24N2O. The third-order valence-electron chi connectivity index (χ3n) is 2.69. The van der Waals surface area contributed by atoms with Crippen LogP contribution in [0.4, 0.5) is 0 Å². The molecule has 1 aliphatic heterocycles. The number of nitrogens with zero attached hydrogens (tertiary/aromatic N) is 1. The first-order chi connectivity index (χ1) is 6.83. The van der Waals surface area contributed by atoms with Gasteiger partial charge in [0, 0.05) is 13.1 Å². The van der Waals surface area contributed by atoms with Gasteiger partial charge in [-0.2, -0.15) is 0 Å². The van der Waals surface area contributed by atoms with E-state index in [1.165, 1.54) is 25.9 Å². The van der Waals surface area contributed by atoms with Crippen molar-refractivity contribution in [1.29, 1.82) is 0 Å². The molecule has 1 fully saturated rings. The summed E-state index contributed by atoms with van der Waals surface area (Å²) in [6.07, 6.45) is 3.08. The number of rotatable bonds is 7. The molecule has 14 heavy (non-hydrogen) atoms. The van der Waals surface area contributed by atoms with Gasteiger partial charge in [0.1, 0.15) is 0 Å². The fourth-order valence-electron chi connectivity index (χ4n) is 1.80. The quantitative estimate of drug-likeness (QED) is 0.666. The normalized spacial score (nSPS) is 20.1. The Morgan fingerprint density at radius 3 is 2.71 bits per heavy atom. The predicted octanol–water partition coefficient (Wildman–Crippen LogP) is 1.10. The highest BCUT2D eigenvalue weighted by Gasteiger charge is 2.11. The zero-order valence-corrected chi connectivity index (χ0v) is 9.59. The van der Waals surface area contributed by atoms with E-state index in [0.717, 1.165) is 26.2 Å². The molecule has 1 aliphatic rings. The van der Waals surface area contributed by atoms with Crippen LogP contribution in [-0.2, 0) is 4.74 Å². The van der Waals surface area contributed by atoms with E-state index >= 15 is 0 Å². The van der Waals surface area contributed by atoms with Crippen LogP contribution in [0.2, 0.25) is 0 Å². The van der Waals surface area contributed by atoms with Crippen LogP contribution in [0.1, 0.15) is 26.7 Å². The Kier molecular flexibility index (Phi) is 6.15. The van der Waals surface area contributed by atoms with Crippen molar-refractivity contribution in [1.82, 2.24) is 10.2 Å². The van der Waals surface area contributed by atoms with Crippen LogP contribution in [-0.4, -0.2) is 50.3 Å². The lowest BCUT2D eigenvalue weighted by atomic mass is 10.4. The summed E-state index contributed by atoms with van der Waals surface area (Å²) in [5.41, 5.74) is 0. The van der Waals surface area contributed by atoms with Crippen molar-refractivity contribution in [2.24, 2.45) is 0 Å². The van der Waals surface area contributed by atoms with E-state index in [-0.39, 0.29) is 0 Å². The molecule has 0 bridgehead atoms. The SMILES string of the molecule is CCNCC(C)OCCN1CCCC1. The van der Waals surface area contributed by atoms with Gasteiger partial charge < -0.3 is 15.0 Å². The summed E-state index contributed by atoms with van der Waals surface area (Å²) in [7, 11) is 0. The van der Waals surface area contributed by atoms with Crippen molar-refractivity contribution in [3.05, 3.63) is 0 Å². The maximum absolute atomic E-state index is 5.70. The minimum Gasteiger partial charge on any atom is -0.376 e. The van der Waals surface area contributed by atoms with Crippen molar-refractivity contribution in [2.75, 3.05) is 39.3 Å². The summed E-state index contributed by atoms with van der Waals surface area (Å²) in [6.45, 7) is 10.8. The smallest absolute Gasteiger partial charge is 0.0672 e. The fourth-order valence-corrected chi connectivity index (χ4v) is 1.80. The second-order valence-electron chi connectivity index (χ2n) is 4.04. The van der Waals surface area contributed by atoms with Gasteiger partial charge in [0.2, 0.25) is 0 Å². The largest absolute Gasteiger partial charge is 0.376 e. The van der Waals surface area contributed by atoms with Crippen LogP contribution < -0.4 is 5.32 Å². The highest BCUT2D eigenvalue weighted by atomic mass is 16.5. The molecule has 0 spiro atoms. The average molecular weight is 200 g/mol. The molecule has 0 aromatic carbocycles. The maximum Gasteiger partial charge on any atom is 0.0672 e. The zero-order chi connectivity index (χ0) is 10.2. The number of hydrogen-bond donors (Lipinski definition) is 1. The highest BCUT2D eigenvalue weighted by Crippen LogP contribution is 2.06. The van der Waals surface area contributed by atoms with Crippen LogP contribution in [0.15, 0.2) is 0 Å². The summed E-state index contributed by atoms with van der Waals surface area (Å²) >= 11 is 0. The van der Waals surface area contributed by atoms with E-state index in [4.69, 9.17) is 4.74 Å². The molecule has 1 unspecified atom stereocenters. The third-order valence-corrected chi connectivity index (χ3v) is 2.69. The lowest BCUT2D eigenvalue weighted by Crippen LogP contribution is -2.30. The van der Waals surface area contributed by atoms with Gasteiger partial charge in [-0.15, -0.1) is 0 Å². The standard InChI is InChI=1S/C11H24N2O/c1-3-12-10-11(2)14-9-8-13-6-4-5-7-13/h11-12H,3-10H2,1-2H3. The van der Waals surface area contributed by atoms with Crippen LogP contribution in [0.5, 0.6) is 0 Å². The molecule has 0 saturated carbocycles. The van der Waals surface area contributed by atoms with Crippen molar-refractivity contribution in [3.8, 4) is 0 Å². The van der Waals surface area contributed by atoms with Crippen molar-refractivity contribution >= 4 is 0 Å². The Hall–Kier alpha value is -0.120. The van der Waals surface area contributed by atoms with Crippen LogP contribution in [0, 0.1) is 0 Å². The van der Waals surface area contributed by atoms with Gasteiger partial charge in [-0.05, 0) is 39.4 Å². The second kappa shape index (κ2) is 7.21. The van der Waals surface area contributed by atoms with Crippen LogP contribution in [0.3, 0.4) is 0 Å². The van der Waals surface area contributed by atoms with E-state index in [2.05, 4.69) is 24.1 Å². The molecule has 0 aromatic heterocycles. The van der Waals surface area contributed by atoms with Gasteiger partial charge in [0.05, 0.1) is 12.7 Å². The molecule has 0 amide bonds. The molecule has 1 saturated heterocycles. The Labute approximate surface area is 87.8 Å². The predicted molar refractivity (Wildman–Crippen MR) is 59.6 cm³/mol. The van der Waals surface area contributed by atoms with Gasteiger partial charge in [-0.3, -0.25) is 0 Å². The Balaban J connectivity index is 1.91. The highest BCUT2D eigenvalue weighted by molar-refractivity contribution is 4.65. The number of hydrogen-bond acceptors (Lipinski definition) is 3. The van der Waals surface area contributed by atoms with Crippen molar-refractivity contribution in [3.63, 3.8) is 0 Å². The van der Waals surface area contributed by atoms with Gasteiger partial charge in [0.25, 0.3) is 0 Å². The molecule has 1 heterocycles. The van der Waals surface area contributed by atoms with Crippen LogP contribution >= 0.6 is 0 Å². The molecule has 84 valence electrons. The lowest BCUT2D eigenvalue weighted by molar-refractivity contribution is 0.0527. The van der Waals surface area contributed by atoms with E-state index in [1.807, 2.05) is 0 Å². The van der Waals surface area contributed by atoms with E-state index in [1.54, 1.807) is 0 Å². The molecule has 1 atom stereocenters. The first-order valence-corrected chi connectivity index (χ1v) is 5.87. The Morgan fingerprint density at radius 1 is 1.36 bits per heavy atom. The summed E-state index contributed by atoms with van der Waals surface area (Å²) < 4.78 is 5.70. The van der Waals surface area contributed by atoms with Gasteiger partial charge in [-0.1, -0.05) is 6.92 Å². The number of likely N-dealkylation sites (N-methyl/N-ethyl adjacent to an activating group) is 1. The first-order valence-electron chi connectivity index (χ1n) is 5.87. The Morgan fingerprint density at radius 2 is 2.07 bits per heavy atom. The van der Waals surface area contributed by atoms with Crippen LogP contribution in [0.25, 0.3) is 0 Å². The average Bonchev–Trinajstić information content (AvgIpc) is 2.67. The Bertz CT molecular complexity index is 135. The molecule has 3 nitrogen and oxygen atoms in total. The maximum atomic E-state index is 5.70. The molecule has 0 radical (unpaired) electrons. The fraction of sp³-hybridized carbons (Fsp3) is 1.00. The van der Waals surface area contributed by atoms with E-state index in [0.29, 0.717) is 6.10 Å². The minimum absolute atomic E-state index is 0.345. The van der Waals surface area contributed by atoms with Gasteiger partial charge in [0.15, 0.2) is 0 Å². The van der Waals surface area contributed by atoms with Gasteiger partial charge in [-0.25, -0.2) is 0 Å².